The molecule has 2 fully saturated rings. The predicted octanol–water partition coefficient (Wildman–Crippen LogP) is 14.5. The summed E-state index contributed by atoms with van der Waals surface area (Å²) in [4.78, 5) is 32.1. The van der Waals surface area contributed by atoms with Crippen molar-refractivity contribution in [2.24, 2.45) is 0 Å². The normalized spacial score (nSPS) is 19.6. The number of ether oxygens (including phenoxy) is 4. The SMILES string of the molecule is Cc1cc2c(cc1Nc1ccc(C(C)(C)c3ccc(Nc4cc5c(cc4C)Oc4cc(N6CCCC6)ccc4C54OC(=O)c5ccccc54)cc3)cc1)C1(OC(=O)c3ccccc31)c1ccc(N3CCCC3)cc1O2. The van der Waals surface area contributed by atoms with Gasteiger partial charge in [0.2, 0.25) is 0 Å². The van der Waals surface area contributed by atoms with Gasteiger partial charge in [0.1, 0.15) is 23.0 Å². The first-order chi connectivity index (χ1) is 36.5. The molecule has 75 heavy (non-hydrogen) atoms. The zero-order chi connectivity index (χ0) is 50.8. The Labute approximate surface area is 436 Å². The van der Waals surface area contributed by atoms with E-state index in [1.165, 1.54) is 25.7 Å². The first-order valence-corrected chi connectivity index (χ1v) is 26.3. The maximum atomic E-state index is 13.7. The van der Waals surface area contributed by atoms with E-state index >= 15 is 0 Å². The second-order valence-electron chi connectivity index (χ2n) is 21.5. The number of hydrogen-bond donors (Lipinski definition) is 2. The maximum absolute atomic E-state index is 13.7. The molecular weight excluding hydrogens is 933 g/mol. The number of rotatable bonds is 8. The van der Waals surface area contributed by atoms with Gasteiger partial charge in [-0.3, -0.25) is 0 Å². The zero-order valence-electron chi connectivity index (χ0n) is 42.5. The lowest BCUT2D eigenvalue weighted by atomic mass is 9.77. The lowest BCUT2D eigenvalue weighted by Gasteiger charge is -2.37. The zero-order valence-corrected chi connectivity index (χ0v) is 42.5. The summed E-state index contributed by atoms with van der Waals surface area (Å²) in [5.74, 6) is 2.07. The van der Waals surface area contributed by atoms with E-state index in [-0.39, 0.29) is 17.4 Å². The molecule has 6 aliphatic rings. The van der Waals surface area contributed by atoms with E-state index in [1.54, 1.807) is 0 Å². The fourth-order valence-electron chi connectivity index (χ4n) is 12.6. The molecule has 0 radical (unpaired) electrons. The van der Waals surface area contributed by atoms with Crippen LogP contribution in [0.3, 0.4) is 0 Å². The highest BCUT2D eigenvalue weighted by Crippen LogP contribution is 2.59. The Kier molecular flexibility index (Phi) is 10.1. The molecule has 2 unspecified atom stereocenters. The fraction of sp³-hybridized carbons (Fsp3) is 0.231. The van der Waals surface area contributed by atoms with Crippen LogP contribution in [0.4, 0.5) is 34.1 Å². The van der Waals surface area contributed by atoms with E-state index < -0.39 is 11.2 Å². The molecule has 10 nitrogen and oxygen atoms in total. The molecule has 0 aromatic heterocycles. The van der Waals surface area contributed by atoms with Gasteiger partial charge in [0.25, 0.3) is 0 Å². The number of anilines is 6. The number of benzene rings is 8. The van der Waals surface area contributed by atoms with Crippen molar-refractivity contribution in [1.29, 1.82) is 0 Å². The van der Waals surface area contributed by atoms with Gasteiger partial charge in [-0.15, -0.1) is 0 Å². The number of nitrogens with zero attached hydrogens (tertiary/aromatic N) is 2. The van der Waals surface area contributed by atoms with Gasteiger partial charge >= 0.3 is 11.9 Å². The monoisotopic (exact) mass is 988 g/mol. The van der Waals surface area contributed by atoms with Gasteiger partial charge in [0.05, 0.1) is 11.1 Å². The molecule has 2 N–H and O–H groups in total. The smallest absolute Gasteiger partial charge is 0.340 e. The molecule has 6 aliphatic heterocycles. The Balaban J connectivity index is 0.729. The van der Waals surface area contributed by atoms with Crippen LogP contribution in [-0.2, 0) is 26.1 Å². The molecule has 6 heterocycles. The number of carbonyl (C=O) groups is 2. The summed E-state index contributed by atoms with van der Waals surface area (Å²) in [6.45, 7) is 12.7. The predicted molar refractivity (Wildman–Crippen MR) is 293 cm³/mol. The highest BCUT2D eigenvalue weighted by Gasteiger charge is 2.55. The number of nitrogens with one attached hydrogen (secondary N) is 2. The van der Waals surface area contributed by atoms with Crippen LogP contribution in [0.25, 0.3) is 0 Å². The average molecular weight is 989 g/mol. The minimum atomic E-state index is -1.16. The Morgan fingerprint density at radius 1 is 0.440 bits per heavy atom. The summed E-state index contributed by atoms with van der Waals surface area (Å²) < 4.78 is 26.6. The Morgan fingerprint density at radius 2 is 0.827 bits per heavy atom. The standard InChI is InChI=1S/C65H56N4O6/c1-39-33-57-53(64(49-15-7-5-13-47(49)61(70)74-64)51-27-25-45(35-59(51)72-57)68-29-9-10-30-68)37-55(39)66-43-21-17-41(18-22-43)63(3,4)42-19-23-44(24-20-42)67-56-38-54-58(34-40(56)2)73-60-36-46(69-31-11-12-32-69)26-28-52(60)65(54)50-16-8-6-14-48(50)62(71)75-65/h5-8,13-28,33-38,66-67H,9-12,29-32H2,1-4H3. The van der Waals surface area contributed by atoms with Crippen molar-refractivity contribution in [2.45, 2.75) is 70.0 Å². The molecule has 14 rings (SSSR count). The molecule has 0 aliphatic carbocycles. The Bertz CT molecular complexity index is 3450. The van der Waals surface area contributed by atoms with Crippen LogP contribution >= 0.6 is 0 Å². The van der Waals surface area contributed by atoms with Gasteiger partial charge in [0.15, 0.2) is 11.2 Å². The molecule has 372 valence electrons. The molecule has 8 aromatic rings. The summed E-state index contributed by atoms with van der Waals surface area (Å²) in [6.07, 6.45) is 4.68. The Morgan fingerprint density at radius 3 is 1.24 bits per heavy atom. The van der Waals surface area contributed by atoms with Crippen LogP contribution in [0.15, 0.2) is 158 Å². The minimum Gasteiger partial charge on any atom is -0.456 e. The first-order valence-electron chi connectivity index (χ1n) is 26.3. The van der Waals surface area contributed by atoms with Gasteiger partial charge in [0, 0.05) is 111 Å². The van der Waals surface area contributed by atoms with Gasteiger partial charge in [-0.2, -0.15) is 0 Å². The summed E-state index contributed by atoms with van der Waals surface area (Å²) >= 11 is 0. The van der Waals surface area contributed by atoms with Crippen molar-refractivity contribution in [2.75, 3.05) is 46.6 Å². The van der Waals surface area contributed by atoms with Crippen molar-refractivity contribution in [3.63, 3.8) is 0 Å². The first kappa shape index (κ1) is 45.1. The van der Waals surface area contributed by atoms with Gasteiger partial charge < -0.3 is 39.4 Å². The van der Waals surface area contributed by atoms with Gasteiger partial charge in [-0.1, -0.05) is 74.5 Å². The number of hydrogen-bond acceptors (Lipinski definition) is 10. The number of carbonyl (C=O) groups excluding carboxylic acids is 2. The lowest BCUT2D eigenvalue weighted by molar-refractivity contribution is 0.0214. The van der Waals surface area contributed by atoms with Gasteiger partial charge in [-0.25, -0.2) is 9.59 Å². The van der Waals surface area contributed by atoms with Crippen LogP contribution in [0, 0.1) is 13.8 Å². The third-order valence-corrected chi connectivity index (χ3v) is 16.8. The third-order valence-electron chi connectivity index (χ3n) is 16.8. The van der Waals surface area contributed by atoms with Crippen LogP contribution in [0.1, 0.15) is 116 Å². The van der Waals surface area contributed by atoms with Crippen molar-refractivity contribution in [3.8, 4) is 23.0 Å². The van der Waals surface area contributed by atoms with Crippen LogP contribution in [0.2, 0.25) is 0 Å². The highest BCUT2D eigenvalue weighted by molar-refractivity contribution is 5.98. The average Bonchev–Trinajstić information content (AvgIpc) is 4.28. The van der Waals surface area contributed by atoms with E-state index in [1.807, 2.05) is 48.5 Å². The van der Waals surface area contributed by atoms with E-state index in [0.717, 1.165) is 116 Å². The number of aryl methyl sites for hydroxylation is 2. The second kappa shape index (κ2) is 16.8. The largest absolute Gasteiger partial charge is 0.456 e. The summed E-state index contributed by atoms with van der Waals surface area (Å²) in [7, 11) is 0. The Hall–Kier alpha value is -8.50. The fourth-order valence-corrected chi connectivity index (χ4v) is 12.6. The minimum absolute atomic E-state index is 0.322. The summed E-state index contributed by atoms with van der Waals surface area (Å²) in [5.41, 5.74) is 13.5. The highest BCUT2D eigenvalue weighted by atomic mass is 16.6. The topological polar surface area (TPSA) is 102 Å². The molecule has 2 spiro atoms. The molecule has 2 atom stereocenters. The molecule has 0 bridgehead atoms. The molecule has 10 heteroatoms. The quantitative estimate of drug-likeness (QED) is 0.143. The van der Waals surface area contributed by atoms with Gasteiger partial charge in [-0.05, 0) is 147 Å². The molecular formula is C65H56N4O6. The van der Waals surface area contributed by atoms with E-state index in [9.17, 15) is 9.59 Å². The number of esters is 2. The summed E-state index contributed by atoms with van der Waals surface area (Å²) in [6, 6.07) is 53.6. The van der Waals surface area contributed by atoms with Crippen LogP contribution in [0.5, 0.6) is 23.0 Å². The van der Waals surface area contributed by atoms with Crippen LogP contribution < -0.4 is 29.9 Å². The van der Waals surface area contributed by atoms with E-state index in [0.29, 0.717) is 34.1 Å². The molecule has 8 aromatic carbocycles. The second-order valence-corrected chi connectivity index (χ2v) is 21.5. The van der Waals surface area contributed by atoms with E-state index in [4.69, 9.17) is 18.9 Å². The van der Waals surface area contributed by atoms with E-state index in [2.05, 4.69) is 157 Å². The summed E-state index contributed by atoms with van der Waals surface area (Å²) in [5, 5.41) is 7.40. The van der Waals surface area contributed by atoms with Crippen molar-refractivity contribution in [3.05, 3.63) is 224 Å². The van der Waals surface area contributed by atoms with Crippen LogP contribution in [-0.4, -0.2) is 38.1 Å². The number of fused-ring (bicyclic) bond motifs is 12. The van der Waals surface area contributed by atoms with Crippen molar-refractivity contribution in [1.82, 2.24) is 0 Å². The van der Waals surface area contributed by atoms with Crippen molar-refractivity contribution < 1.29 is 28.5 Å². The molecule has 2 saturated heterocycles. The lowest BCUT2D eigenvalue weighted by Crippen LogP contribution is -2.33. The third kappa shape index (κ3) is 6.91. The molecule has 0 amide bonds. The van der Waals surface area contributed by atoms with Crippen molar-refractivity contribution >= 4 is 46.1 Å². The molecule has 0 saturated carbocycles. The maximum Gasteiger partial charge on any atom is 0.340 e.